The van der Waals surface area contributed by atoms with Crippen molar-refractivity contribution in [3.8, 4) is 17.1 Å². The van der Waals surface area contributed by atoms with Crippen LogP contribution in [0.25, 0.3) is 11.4 Å². The molecule has 1 atom stereocenters. The average Bonchev–Trinajstić information content (AvgIpc) is 2.72. The second kappa shape index (κ2) is 8.52. The Morgan fingerprint density at radius 2 is 1.83 bits per heavy atom. The van der Waals surface area contributed by atoms with Gasteiger partial charge < -0.3 is 9.72 Å². The molecule has 1 heterocycles. The summed E-state index contributed by atoms with van der Waals surface area (Å²) >= 11 is 0. The number of alkyl halides is 3. The topological polar surface area (TPSA) is 72.1 Å². The average molecular weight is 416 g/mol. The standard InChI is InChI=1S/C22H19F3N2O3/c1-13(15-8-9-16(22(23,24)25)19(11-15)30-2)10-18(28)17-12-20(29)27-21(26-17)14-6-4-3-5-7-14/h3-9,11-13H,10H2,1-2H3,(H,26,27,29). The monoisotopic (exact) mass is 416 g/mol. The van der Waals surface area contributed by atoms with E-state index in [1.807, 2.05) is 6.07 Å². The summed E-state index contributed by atoms with van der Waals surface area (Å²) in [4.78, 5) is 31.6. The summed E-state index contributed by atoms with van der Waals surface area (Å²) in [5.74, 6) is -0.824. The maximum absolute atomic E-state index is 13.0. The zero-order chi connectivity index (χ0) is 21.9. The Kier molecular flexibility index (Phi) is 6.05. The molecule has 156 valence electrons. The van der Waals surface area contributed by atoms with Crippen molar-refractivity contribution < 1.29 is 22.7 Å². The van der Waals surface area contributed by atoms with Crippen LogP contribution in [-0.2, 0) is 6.18 Å². The van der Waals surface area contributed by atoms with Crippen molar-refractivity contribution in [2.45, 2.75) is 25.4 Å². The molecule has 3 aromatic rings. The lowest BCUT2D eigenvalue weighted by molar-refractivity contribution is -0.138. The molecule has 2 aromatic carbocycles. The maximum Gasteiger partial charge on any atom is 0.419 e. The summed E-state index contributed by atoms with van der Waals surface area (Å²) < 4.78 is 44.0. The van der Waals surface area contributed by atoms with E-state index in [2.05, 4.69) is 9.97 Å². The molecule has 1 unspecified atom stereocenters. The molecule has 0 aliphatic carbocycles. The first kappa shape index (κ1) is 21.3. The van der Waals surface area contributed by atoms with Crippen molar-refractivity contribution in [1.29, 1.82) is 0 Å². The number of aromatic amines is 1. The number of hydrogen-bond acceptors (Lipinski definition) is 4. The Morgan fingerprint density at radius 1 is 1.13 bits per heavy atom. The highest BCUT2D eigenvalue weighted by Crippen LogP contribution is 2.38. The molecule has 0 aliphatic heterocycles. The molecule has 30 heavy (non-hydrogen) atoms. The molecule has 0 radical (unpaired) electrons. The Labute approximate surface area is 170 Å². The third-order valence-corrected chi connectivity index (χ3v) is 4.67. The largest absolute Gasteiger partial charge is 0.496 e. The second-order valence-corrected chi connectivity index (χ2v) is 6.83. The summed E-state index contributed by atoms with van der Waals surface area (Å²) in [6.45, 7) is 1.71. The van der Waals surface area contributed by atoms with Gasteiger partial charge in [0.2, 0.25) is 0 Å². The number of rotatable bonds is 6. The van der Waals surface area contributed by atoms with Gasteiger partial charge in [-0.3, -0.25) is 9.59 Å². The second-order valence-electron chi connectivity index (χ2n) is 6.83. The molecular weight excluding hydrogens is 397 g/mol. The molecular formula is C22H19F3N2O3. The van der Waals surface area contributed by atoms with E-state index in [1.54, 1.807) is 31.2 Å². The molecule has 0 amide bonds. The van der Waals surface area contributed by atoms with Crippen molar-refractivity contribution in [2.75, 3.05) is 7.11 Å². The molecule has 0 saturated carbocycles. The van der Waals surface area contributed by atoms with Crippen LogP contribution in [0.5, 0.6) is 5.75 Å². The summed E-state index contributed by atoms with van der Waals surface area (Å²) in [6, 6.07) is 13.5. The minimum Gasteiger partial charge on any atom is -0.496 e. The van der Waals surface area contributed by atoms with Crippen LogP contribution >= 0.6 is 0 Å². The van der Waals surface area contributed by atoms with E-state index in [0.717, 1.165) is 19.2 Å². The number of methoxy groups -OCH3 is 1. The first-order valence-corrected chi connectivity index (χ1v) is 9.14. The Balaban J connectivity index is 1.84. The van der Waals surface area contributed by atoms with E-state index >= 15 is 0 Å². The smallest absolute Gasteiger partial charge is 0.419 e. The first-order chi connectivity index (χ1) is 14.2. The van der Waals surface area contributed by atoms with Crippen LogP contribution in [-0.4, -0.2) is 22.9 Å². The third-order valence-electron chi connectivity index (χ3n) is 4.67. The summed E-state index contributed by atoms with van der Waals surface area (Å²) in [7, 11) is 1.16. The Morgan fingerprint density at radius 3 is 2.47 bits per heavy atom. The Bertz CT molecular complexity index is 1110. The fraction of sp³-hybridized carbons (Fsp3) is 0.227. The van der Waals surface area contributed by atoms with E-state index in [1.165, 1.54) is 12.1 Å². The van der Waals surface area contributed by atoms with Crippen molar-refractivity contribution in [2.24, 2.45) is 0 Å². The van der Waals surface area contributed by atoms with Gasteiger partial charge in [0.15, 0.2) is 5.78 Å². The predicted octanol–water partition coefficient (Wildman–Crippen LogP) is 4.84. The fourth-order valence-electron chi connectivity index (χ4n) is 3.08. The maximum atomic E-state index is 13.0. The van der Waals surface area contributed by atoms with Crippen LogP contribution in [0, 0.1) is 0 Å². The van der Waals surface area contributed by atoms with Gasteiger partial charge in [-0.15, -0.1) is 0 Å². The number of nitrogens with zero attached hydrogens (tertiary/aromatic N) is 1. The quantitative estimate of drug-likeness (QED) is 0.584. The van der Waals surface area contributed by atoms with E-state index in [0.29, 0.717) is 11.1 Å². The highest BCUT2D eigenvalue weighted by Gasteiger charge is 2.34. The van der Waals surface area contributed by atoms with Crippen LogP contribution in [0.2, 0.25) is 0 Å². The summed E-state index contributed by atoms with van der Waals surface area (Å²) in [5.41, 5.74) is -0.165. The number of carbonyl (C=O) groups is 1. The van der Waals surface area contributed by atoms with Gasteiger partial charge in [0.05, 0.1) is 12.7 Å². The number of carbonyl (C=O) groups excluding carboxylic acids is 1. The van der Waals surface area contributed by atoms with Gasteiger partial charge in [-0.1, -0.05) is 43.3 Å². The predicted molar refractivity (Wildman–Crippen MR) is 106 cm³/mol. The molecule has 5 nitrogen and oxygen atoms in total. The number of benzene rings is 2. The van der Waals surface area contributed by atoms with Gasteiger partial charge in [0, 0.05) is 18.1 Å². The lowest BCUT2D eigenvalue weighted by Gasteiger charge is -2.16. The van der Waals surface area contributed by atoms with Crippen molar-refractivity contribution in [3.63, 3.8) is 0 Å². The van der Waals surface area contributed by atoms with Gasteiger partial charge in [-0.25, -0.2) is 4.98 Å². The molecule has 0 bridgehead atoms. The summed E-state index contributed by atoms with van der Waals surface area (Å²) in [5, 5.41) is 0. The molecule has 0 aliphatic rings. The first-order valence-electron chi connectivity index (χ1n) is 9.14. The minimum atomic E-state index is -4.54. The van der Waals surface area contributed by atoms with E-state index in [9.17, 15) is 22.8 Å². The van der Waals surface area contributed by atoms with Crippen LogP contribution in [0.1, 0.15) is 40.9 Å². The number of nitrogens with one attached hydrogen (secondary N) is 1. The molecule has 0 saturated heterocycles. The number of hydrogen-bond donors (Lipinski definition) is 1. The lowest BCUT2D eigenvalue weighted by Crippen LogP contribution is -2.15. The molecule has 0 spiro atoms. The van der Waals surface area contributed by atoms with Crippen LogP contribution < -0.4 is 10.3 Å². The zero-order valence-electron chi connectivity index (χ0n) is 16.3. The minimum absolute atomic E-state index is 0.00308. The number of halogens is 3. The van der Waals surface area contributed by atoms with Gasteiger partial charge >= 0.3 is 6.18 Å². The van der Waals surface area contributed by atoms with Gasteiger partial charge in [-0.05, 0) is 23.6 Å². The van der Waals surface area contributed by atoms with Gasteiger partial charge in [0.1, 0.15) is 17.3 Å². The number of H-pyrrole nitrogens is 1. The fourth-order valence-corrected chi connectivity index (χ4v) is 3.08. The molecule has 3 rings (SSSR count). The molecule has 0 fully saturated rings. The number of aromatic nitrogens is 2. The number of Topliss-reactive ketones (excluding diaryl/α,β-unsaturated/α-hetero) is 1. The van der Waals surface area contributed by atoms with Crippen LogP contribution in [0.15, 0.2) is 59.4 Å². The number of ketones is 1. The SMILES string of the molecule is COc1cc(C(C)CC(=O)c2cc(=O)[nH]c(-c3ccccc3)n2)ccc1C(F)(F)F. The third kappa shape index (κ3) is 4.76. The van der Waals surface area contributed by atoms with E-state index in [-0.39, 0.29) is 29.5 Å². The van der Waals surface area contributed by atoms with Crippen molar-refractivity contribution in [3.05, 3.63) is 81.8 Å². The van der Waals surface area contributed by atoms with E-state index < -0.39 is 23.2 Å². The van der Waals surface area contributed by atoms with Crippen LogP contribution in [0.4, 0.5) is 13.2 Å². The van der Waals surface area contributed by atoms with Crippen molar-refractivity contribution >= 4 is 5.78 Å². The lowest BCUT2D eigenvalue weighted by atomic mass is 9.93. The number of ether oxygens (including phenoxy) is 1. The highest BCUT2D eigenvalue weighted by molar-refractivity contribution is 5.95. The summed E-state index contributed by atoms with van der Waals surface area (Å²) in [6.07, 6.45) is -4.56. The van der Waals surface area contributed by atoms with Crippen molar-refractivity contribution in [1.82, 2.24) is 9.97 Å². The van der Waals surface area contributed by atoms with Gasteiger partial charge in [0.25, 0.3) is 5.56 Å². The Hall–Kier alpha value is -3.42. The van der Waals surface area contributed by atoms with E-state index in [4.69, 9.17) is 4.74 Å². The highest BCUT2D eigenvalue weighted by atomic mass is 19.4. The van der Waals surface area contributed by atoms with Gasteiger partial charge in [-0.2, -0.15) is 13.2 Å². The zero-order valence-corrected chi connectivity index (χ0v) is 16.3. The normalized spacial score (nSPS) is 12.4. The van der Waals surface area contributed by atoms with Crippen LogP contribution in [0.3, 0.4) is 0 Å². The molecule has 8 heteroatoms. The molecule has 1 aromatic heterocycles. The molecule has 1 N–H and O–H groups in total.